The molecule has 1 aromatic rings. The topological polar surface area (TPSA) is 51.0 Å². The van der Waals surface area contributed by atoms with Crippen LogP contribution in [0.25, 0.3) is 0 Å². The molecular weight excluding hydrogens is 214 g/mol. The zero-order valence-corrected chi connectivity index (χ0v) is 10.7. The van der Waals surface area contributed by atoms with Crippen LogP contribution in [0, 0.1) is 5.92 Å². The average molecular weight is 237 g/mol. The Bertz CT molecular complexity index is 320. The minimum atomic E-state index is 0.800. The van der Waals surface area contributed by atoms with Crippen molar-refractivity contribution in [2.45, 2.75) is 51.9 Å². The maximum absolute atomic E-state index is 5.65. The molecule has 2 rings (SSSR count). The lowest BCUT2D eigenvalue weighted by Gasteiger charge is -2.23. The Morgan fingerprint density at radius 1 is 1.24 bits per heavy atom. The van der Waals surface area contributed by atoms with E-state index in [2.05, 4.69) is 22.4 Å². The van der Waals surface area contributed by atoms with Crippen molar-refractivity contribution in [3.63, 3.8) is 0 Å². The third-order valence-electron chi connectivity index (χ3n) is 3.37. The molecule has 1 aromatic heterocycles. The molecule has 17 heavy (non-hydrogen) atoms. The second-order valence-electron chi connectivity index (χ2n) is 4.94. The van der Waals surface area contributed by atoms with Gasteiger partial charge in [-0.1, -0.05) is 13.3 Å². The summed E-state index contributed by atoms with van der Waals surface area (Å²) in [6, 6.07) is 0. The smallest absolute Gasteiger partial charge is 0.216 e. The van der Waals surface area contributed by atoms with E-state index in [9.17, 15) is 0 Å². The molecule has 1 aliphatic carbocycles. The SMILES string of the molecule is CCCNCCCc1nnc(CC2CCC2)o1. The van der Waals surface area contributed by atoms with Gasteiger partial charge in [-0.25, -0.2) is 0 Å². The number of nitrogens with zero attached hydrogens (tertiary/aromatic N) is 2. The molecule has 96 valence electrons. The lowest BCUT2D eigenvalue weighted by Crippen LogP contribution is -2.16. The zero-order chi connectivity index (χ0) is 11.9. The molecule has 1 heterocycles. The summed E-state index contributed by atoms with van der Waals surface area (Å²) in [6.45, 7) is 4.31. The summed E-state index contributed by atoms with van der Waals surface area (Å²) in [5, 5.41) is 11.6. The number of aryl methyl sites for hydroxylation is 1. The Hall–Kier alpha value is -0.900. The molecule has 0 amide bonds. The molecule has 0 radical (unpaired) electrons. The van der Waals surface area contributed by atoms with Crippen molar-refractivity contribution in [3.8, 4) is 0 Å². The van der Waals surface area contributed by atoms with E-state index in [4.69, 9.17) is 4.42 Å². The molecule has 1 fully saturated rings. The van der Waals surface area contributed by atoms with Crippen molar-refractivity contribution in [2.75, 3.05) is 13.1 Å². The average Bonchev–Trinajstić information content (AvgIpc) is 2.71. The van der Waals surface area contributed by atoms with Gasteiger partial charge in [-0.15, -0.1) is 10.2 Å². The molecule has 0 atom stereocenters. The summed E-state index contributed by atoms with van der Waals surface area (Å²) in [5.74, 6) is 2.44. The summed E-state index contributed by atoms with van der Waals surface area (Å²) < 4.78 is 5.65. The lowest BCUT2D eigenvalue weighted by atomic mass is 9.83. The molecule has 0 aromatic carbocycles. The Labute approximate surface area is 103 Å². The number of hydrogen-bond acceptors (Lipinski definition) is 4. The van der Waals surface area contributed by atoms with Crippen LogP contribution in [0.1, 0.15) is 50.8 Å². The zero-order valence-electron chi connectivity index (χ0n) is 10.7. The predicted octanol–water partition coefficient (Wildman–Crippen LogP) is 2.34. The summed E-state index contributed by atoms with van der Waals surface area (Å²) in [6.07, 6.45) is 8.18. The second kappa shape index (κ2) is 6.74. The third-order valence-corrected chi connectivity index (χ3v) is 3.37. The van der Waals surface area contributed by atoms with Gasteiger partial charge in [-0.2, -0.15) is 0 Å². The molecule has 1 aliphatic rings. The minimum absolute atomic E-state index is 0.800. The molecule has 0 unspecified atom stereocenters. The fraction of sp³-hybridized carbons (Fsp3) is 0.846. The van der Waals surface area contributed by atoms with Gasteiger partial charge >= 0.3 is 0 Å². The monoisotopic (exact) mass is 237 g/mol. The van der Waals surface area contributed by atoms with Crippen molar-refractivity contribution in [1.29, 1.82) is 0 Å². The molecule has 1 saturated carbocycles. The lowest BCUT2D eigenvalue weighted by molar-refractivity contribution is 0.286. The Morgan fingerprint density at radius 2 is 2.06 bits per heavy atom. The van der Waals surface area contributed by atoms with Crippen LogP contribution in [0.2, 0.25) is 0 Å². The van der Waals surface area contributed by atoms with Crippen molar-refractivity contribution >= 4 is 0 Å². The molecular formula is C13H23N3O. The van der Waals surface area contributed by atoms with Crippen LogP contribution < -0.4 is 5.32 Å². The molecule has 4 nitrogen and oxygen atoms in total. The Kier molecular flexibility index (Phi) is 4.98. The van der Waals surface area contributed by atoms with Crippen LogP contribution in [0.4, 0.5) is 0 Å². The van der Waals surface area contributed by atoms with Crippen LogP contribution in [0.15, 0.2) is 4.42 Å². The van der Waals surface area contributed by atoms with Gasteiger partial charge in [0.1, 0.15) is 0 Å². The maximum atomic E-state index is 5.65. The van der Waals surface area contributed by atoms with Gasteiger partial charge in [0.15, 0.2) is 0 Å². The van der Waals surface area contributed by atoms with E-state index in [1.165, 1.54) is 25.7 Å². The normalized spacial score (nSPS) is 16.1. The second-order valence-corrected chi connectivity index (χ2v) is 4.94. The summed E-state index contributed by atoms with van der Waals surface area (Å²) >= 11 is 0. The largest absolute Gasteiger partial charge is 0.425 e. The van der Waals surface area contributed by atoms with Gasteiger partial charge in [-0.3, -0.25) is 0 Å². The van der Waals surface area contributed by atoms with Crippen molar-refractivity contribution in [3.05, 3.63) is 11.8 Å². The highest BCUT2D eigenvalue weighted by molar-refractivity contribution is 4.86. The van der Waals surface area contributed by atoms with E-state index in [0.717, 1.165) is 50.1 Å². The van der Waals surface area contributed by atoms with Crippen molar-refractivity contribution in [2.24, 2.45) is 5.92 Å². The highest BCUT2D eigenvalue weighted by atomic mass is 16.4. The van der Waals surface area contributed by atoms with Crippen molar-refractivity contribution < 1.29 is 4.42 Å². The first-order valence-corrected chi connectivity index (χ1v) is 6.90. The Balaban J connectivity index is 1.63. The first kappa shape index (κ1) is 12.6. The molecule has 0 aliphatic heterocycles. The van der Waals surface area contributed by atoms with E-state index in [1.807, 2.05) is 0 Å². The van der Waals surface area contributed by atoms with Crippen LogP contribution in [-0.2, 0) is 12.8 Å². The van der Waals surface area contributed by atoms with E-state index in [0.29, 0.717) is 0 Å². The van der Waals surface area contributed by atoms with Gasteiger partial charge < -0.3 is 9.73 Å². The summed E-state index contributed by atoms with van der Waals surface area (Å²) in [4.78, 5) is 0. The van der Waals surface area contributed by atoms with Gasteiger partial charge in [0.2, 0.25) is 11.8 Å². The van der Waals surface area contributed by atoms with Crippen LogP contribution >= 0.6 is 0 Å². The number of hydrogen-bond donors (Lipinski definition) is 1. The van der Waals surface area contributed by atoms with E-state index >= 15 is 0 Å². The van der Waals surface area contributed by atoms with Crippen LogP contribution in [0.5, 0.6) is 0 Å². The number of rotatable bonds is 8. The highest BCUT2D eigenvalue weighted by Gasteiger charge is 2.20. The van der Waals surface area contributed by atoms with Gasteiger partial charge in [0.05, 0.1) is 0 Å². The molecule has 1 N–H and O–H groups in total. The van der Waals surface area contributed by atoms with Crippen molar-refractivity contribution in [1.82, 2.24) is 15.5 Å². The van der Waals surface area contributed by atoms with Gasteiger partial charge in [0, 0.05) is 12.8 Å². The van der Waals surface area contributed by atoms with E-state index in [1.54, 1.807) is 0 Å². The molecule has 0 spiro atoms. The quantitative estimate of drug-likeness (QED) is 0.705. The van der Waals surface area contributed by atoms with Crippen LogP contribution in [0.3, 0.4) is 0 Å². The fourth-order valence-electron chi connectivity index (χ4n) is 2.08. The first-order chi connectivity index (χ1) is 8.38. The summed E-state index contributed by atoms with van der Waals surface area (Å²) in [5.41, 5.74) is 0. The maximum Gasteiger partial charge on any atom is 0.216 e. The summed E-state index contributed by atoms with van der Waals surface area (Å²) in [7, 11) is 0. The van der Waals surface area contributed by atoms with Gasteiger partial charge in [0.25, 0.3) is 0 Å². The van der Waals surface area contributed by atoms with Crippen LogP contribution in [-0.4, -0.2) is 23.3 Å². The highest BCUT2D eigenvalue weighted by Crippen LogP contribution is 2.29. The van der Waals surface area contributed by atoms with E-state index < -0.39 is 0 Å². The Morgan fingerprint density at radius 3 is 2.76 bits per heavy atom. The number of aromatic nitrogens is 2. The molecule has 4 heteroatoms. The minimum Gasteiger partial charge on any atom is -0.425 e. The molecule has 0 bridgehead atoms. The first-order valence-electron chi connectivity index (χ1n) is 6.90. The molecule has 0 saturated heterocycles. The number of nitrogens with one attached hydrogen (secondary N) is 1. The fourth-order valence-corrected chi connectivity index (χ4v) is 2.08. The van der Waals surface area contributed by atoms with Gasteiger partial charge in [-0.05, 0) is 44.7 Å². The standard InChI is InChI=1S/C13H23N3O/c1-2-8-14-9-4-7-12-15-16-13(17-12)10-11-5-3-6-11/h11,14H,2-10H2,1H3. The van der Waals surface area contributed by atoms with E-state index in [-0.39, 0.29) is 0 Å². The predicted molar refractivity (Wildman–Crippen MR) is 66.8 cm³/mol. The third kappa shape index (κ3) is 4.11.